The van der Waals surface area contributed by atoms with Crippen LogP contribution in [0.1, 0.15) is 17.3 Å². The van der Waals surface area contributed by atoms with Crippen molar-refractivity contribution in [3.8, 4) is 0 Å². The minimum atomic E-state index is -1.52. The van der Waals surface area contributed by atoms with Gasteiger partial charge in [0.2, 0.25) is 0 Å². The number of hydrogen-bond acceptors (Lipinski definition) is 3. The fourth-order valence-corrected chi connectivity index (χ4v) is 1.99. The summed E-state index contributed by atoms with van der Waals surface area (Å²) >= 11 is 9.14. The van der Waals surface area contributed by atoms with Gasteiger partial charge in [-0.3, -0.25) is 4.79 Å². The number of carbonyl (C=O) groups is 2. The third-order valence-electron chi connectivity index (χ3n) is 2.47. The average Bonchev–Trinajstić information content (AvgIpc) is 2.32. The molecule has 0 fully saturated rings. The summed E-state index contributed by atoms with van der Waals surface area (Å²) in [5.41, 5.74) is -1.32. The maximum Gasteiger partial charge on any atom is 0.331 e. The fraction of sp³-hybridized carbons (Fsp3) is 0.333. The maximum absolute atomic E-state index is 12.1. The average molecular weight is 351 g/mol. The zero-order chi connectivity index (χ0) is 14.6. The molecule has 1 rings (SSSR count). The summed E-state index contributed by atoms with van der Waals surface area (Å²) in [7, 11) is 1.36. The Kier molecular flexibility index (Phi) is 5.34. The Morgan fingerprint density at radius 2 is 2.16 bits per heavy atom. The molecular formula is C12H13BrClNO4. The van der Waals surface area contributed by atoms with Crippen molar-refractivity contribution in [1.29, 1.82) is 0 Å². The van der Waals surface area contributed by atoms with Crippen molar-refractivity contribution >= 4 is 39.4 Å². The Bertz CT molecular complexity index is 509. The zero-order valence-electron chi connectivity index (χ0n) is 10.4. The number of benzene rings is 1. The molecule has 104 valence electrons. The largest absolute Gasteiger partial charge is 0.479 e. The van der Waals surface area contributed by atoms with E-state index in [1.807, 2.05) is 0 Å². The van der Waals surface area contributed by atoms with Crippen molar-refractivity contribution in [3.63, 3.8) is 0 Å². The summed E-state index contributed by atoms with van der Waals surface area (Å²) < 4.78 is 5.49. The third-order valence-corrected chi connectivity index (χ3v) is 3.29. The quantitative estimate of drug-likeness (QED) is 0.854. The number of rotatable bonds is 5. The Morgan fingerprint density at radius 1 is 1.53 bits per heavy atom. The van der Waals surface area contributed by atoms with Gasteiger partial charge in [0, 0.05) is 11.6 Å². The van der Waals surface area contributed by atoms with Gasteiger partial charge in [0.15, 0.2) is 5.54 Å². The van der Waals surface area contributed by atoms with E-state index in [1.54, 1.807) is 12.1 Å². The van der Waals surface area contributed by atoms with Gasteiger partial charge in [0.05, 0.1) is 17.2 Å². The highest BCUT2D eigenvalue weighted by molar-refractivity contribution is 9.10. The van der Waals surface area contributed by atoms with Gasteiger partial charge in [-0.05, 0) is 25.1 Å². The summed E-state index contributed by atoms with van der Waals surface area (Å²) in [6, 6.07) is 4.76. The molecular weight excluding hydrogens is 337 g/mol. The zero-order valence-corrected chi connectivity index (χ0v) is 12.7. The first-order valence-corrected chi connectivity index (χ1v) is 6.47. The van der Waals surface area contributed by atoms with Crippen molar-refractivity contribution in [1.82, 2.24) is 5.32 Å². The number of carboxylic acids is 1. The van der Waals surface area contributed by atoms with Crippen LogP contribution in [0.2, 0.25) is 5.02 Å². The van der Waals surface area contributed by atoms with Gasteiger partial charge in [-0.1, -0.05) is 27.5 Å². The van der Waals surface area contributed by atoms with Gasteiger partial charge in [-0.25, -0.2) is 4.79 Å². The van der Waals surface area contributed by atoms with Crippen molar-refractivity contribution in [2.24, 2.45) is 0 Å². The van der Waals surface area contributed by atoms with Gasteiger partial charge in [0.25, 0.3) is 5.91 Å². The van der Waals surface area contributed by atoms with E-state index >= 15 is 0 Å². The highest BCUT2D eigenvalue weighted by atomic mass is 79.9. The second kappa shape index (κ2) is 6.36. The molecule has 1 aromatic carbocycles. The van der Waals surface area contributed by atoms with Gasteiger partial charge in [-0.2, -0.15) is 0 Å². The van der Waals surface area contributed by atoms with Crippen molar-refractivity contribution < 1.29 is 19.4 Å². The van der Waals surface area contributed by atoms with Crippen molar-refractivity contribution in [2.75, 3.05) is 13.7 Å². The van der Waals surface area contributed by atoms with Crippen LogP contribution in [0.25, 0.3) is 0 Å². The van der Waals surface area contributed by atoms with Gasteiger partial charge in [-0.15, -0.1) is 0 Å². The lowest BCUT2D eigenvalue weighted by atomic mass is 10.0. The van der Waals surface area contributed by atoms with E-state index in [0.717, 1.165) is 0 Å². The van der Waals surface area contributed by atoms with E-state index in [1.165, 1.54) is 20.1 Å². The van der Waals surface area contributed by atoms with E-state index in [4.69, 9.17) is 21.4 Å². The molecule has 19 heavy (non-hydrogen) atoms. The third kappa shape index (κ3) is 3.92. The molecule has 1 amide bonds. The van der Waals surface area contributed by atoms with Crippen LogP contribution in [-0.2, 0) is 9.53 Å². The van der Waals surface area contributed by atoms with Crippen molar-refractivity contribution in [3.05, 3.63) is 33.3 Å². The van der Waals surface area contributed by atoms with Gasteiger partial charge in [0.1, 0.15) is 0 Å². The van der Waals surface area contributed by atoms with Crippen LogP contribution < -0.4 is 5.32 Å². The Morgan fingerprint density at radius 3 is 2.68 bits per heavy atom. The van der Waals surface area contributed by atoms with Crippen LogP contribution in [0.15, 0.2) is 22.7 Å². The highest BCUT2D eigenvalue weighted by Crippen LogP contribution is 2.21. The van der Waals surface area contributed by atoms with Crippen LogP contribution in [0.5, 0.6) is 0 Å². The normalized spacial score (nSPS) is 13.7. The van der Waals surface area contributed by atoms with E-state index in [-0.39, 0.29) is 17.2 Å². The number of amides is 1. The predicted molar refractivity (Wildman–Crippen MR) is 74.5 cm³/mol. The first-order valence-electron chi connectivity index (χ1n) is 5.30. The molecule has 0 aromatic heterocycles. The Balaban J connectivity index is 3.00. The van der Waals surface area contributed by atoms with E-state index in [9.17, 15) is 9.59 Å². The summed E-state index contributed by atoms with van der Waals surface area (Å²) in [5, 5.41) is 11.8. The molecule has 0 bridgehead atoms. The molecule has 0 aliphatic rings. The number of hydrogen-bond donors (Lipinski definition) is 2. The molecule has 0 aliphatic heterocycles. The van der Waals surface area contributed by atoms with Crippen LogP contribution in [0, 0.1) is 0 Å². The fourth-order valence-electron chi connectivity index (χ4n) is 1.43. The van der Waals surface area contributed by atoms with Crippen LogP contribution in [0.3, 0.4) is 0 Å². The summed E-state index contributed by atoms with van der Waals surface area (Å²) in [6.45, 7) is 1.21. The van der Waals surface area contributed by atoms with Gasteiger partial charge >= 0.3 is 5.97 Å². The molecule has 1 atom stereocenters. The van der Waals surface area contributed by atoms with E-state index in [0.29, 0.717) is 4.47 Å². The van der Waals surface area contributed by atoms with Crippen LogP contribution in [-0.4, -0.2) is 36.2 Å². The lowest BCUT2D eigenvalue weighted by molar-refractivity contribution is -0.145. The predicted octanol–water partition coefficient (Wildman–Crippen LogP) is 2.32. The molecule has 0 heterocycles. The maximum atomic E-state index is 12.1. The number of nitrogens with one attached hydrogen (secondary N) is 1. The molecule has 0 saturated carbocycles. The number of carbonyl (C=O) groups excluding carboxylic acids is 1. The standard InChI is InChI=1S/C12H13BrClNO4/c1-12(6-19-2,11(17)18)15-10(16)8-5-7(13)3-4-9(8)14/h3-5H,6H2,1-2H3,(H,15,16)(H,17,18). The summed E-state index contributed by atoms with van der Waals surface area (Å²) in [6.07, 6.45) is 0. The minimum absolute atomic E-state index is 0.153. The lowest BCUT2D eigenvalue weighted by Crippen LogP contribution is -2.55. The first-order chi connectivity index (χ1) is 8.80. The van der Waals surface area contributed by atoms with E-state index in [2.05, 4.69) is 21.2 Å². The SMILES string of the molecule is COCC(C)(NC(=O)c1cc(Br)ccc1Cl)C(=O)O. The van der Waals surface area contributed by atoms with Gasteiger partial charge < -0.3 is 15.2 Å². The second-order valence-corrected chi connectivity index (χ2v) is 5.47. The molecule has 7 heteroatoms. The highest BCUT2D eigenvalue weighted by Gasteiger charge is 2.35. The first kappa shape index (κ1) is 15.9. The molecule has 1 unspecified atom stereocenters. The molecule has 2 N–H and O–H groups in total. The van der Waals surface area contributed by atoms with E-state index < -0.39 is 17.4 Å². The minimum Gasteiger partial charge on any atom is -0.479 e. The molecule has 0 saturated heterocycles. The smallest absolute Gasteiger partial charge is 0.331 e. The number of ether oxygens (including phenoxy) is 1. The monoisotopic (exact) mass is 349 g/mol. The van der Waals surface area contributed by atoms with Crippen LogP contribution >= 0.6 is 27.5 Å². The Labute approximate surface area is 124 Å². The lowest BCUT2D eigenvalue weighted by Gasteiger charge is -2.25. The number of carboxylic acid groups (broad SMARTS) is 1. The summed E-state index contributed by atoms with van der Waals surface area (Å²) in [4.78, 5) is 23.3. The molecule has 0 radical (unpaired) electrons. The molecule has 0 spiro atoms. The Hall–Kier alpha value is -1.11. The van der Waals surface area contributed by atoms with Crippen molar-refractivity contribution in [2.45, 2.75) is 12.5 Å². The number of aliphatic carboxylic acids is 1. The topological polar surface area (TPSA) is 75.6 Å². The van der Waals surface area contributed by atoms with Crippen LogP contribution in [0.4, 0.5) is 0 Å². The summed E-state index contributed by atoms with van der Waals surface area (Å²) in [5.74, 6) is -1.76. The second-order valence-electron chi connectivity index (χ2n) is 4.15. The molecule has 1 aromatic rings. The molecule has 0 aliphatic carbocycles. The number of methoxy groups -OCH3 is 1. The molecule has 5 nitrogen and oxygen atoms in total. The number of halogens is 2.